The minimum Gasteiger partial charge on any atom is -0.346 e. The van der Waals surface area contributed by atoms with Gasteiger partial charge in [0.15, 0.2) is 0 Å². The monoisotopic (exact) mass is 246 g/mol. The van der Waals surface area contributed by atoms with Crippen LogP contribution in [0.5, 0.6) is 0 Å². The molecule has 0 fully saturated rings. The van der Waals surface area contributed by atoms with Crippen LogP contribution in [0.25, 0.3) is 0 Å². The van der Waals surface area contributed by atoms with Gasteiger partial charge in [0.25, 0.3) is 0 Å². The smallest absolute Gasteiger partial charge is 0.0240 e. The molecule has 67 valence electrons. The second kappa shape index (κ2) is 43.0. The molecule has 0 aromatic rings. The van der Waals surface area contributed by atoms with E-state index in [-0.39, 0.29) is 39.6 Å². The Bertz CT molecular complexity index is 165. The van der Waals surface area contributed by atoms with Crippen molar-refractivity contribution in [1.82, 2.24) is 0 Å². The van der Waals surface area contributed by atoms with Crippen LogP contribution in [0.2, 0.25) is 0 Å². The average molecular weight is 246 g/mol. The van der Waals surface area contributed by atoms with Crippen molar-refractivity contribution in [3.63, 3.8) is 0 Å². The molecule has 0 spiro atoms. The molecule has 0 aromatic heterocycles. The molecule has 0 aliphatic carbocycles. The number of terminal acetylenes is 1. The van der Waals surface area contributed by atoms with E-state index < -0.39 is 0 Å². The molecule has 1 heteroatoms. The maximum absolute atomic E-state index is 6.60. The van der Waals surface area contributed by atoms with Gasteiger partial charge < -0.3 is 6.92 Å². The third kappa shape index (κ3) is 83.7. The van der Waals surface area contributed by atoms with Crippen LogP contribution in [-0.2, 0) is 32.7 Å². The summed E-state index contributed by atoms with van der Waals surface area (Å²) in [7, 11) is 0. The van der Waals surface area contributed by atoms with Gasteiger partial charge in [0.05, 0.1) is 0 Å². The zero-order valence-electron chi connectivity index (χ0n) is 10.9. The van der Waals surface area contributed by atoms with Gasteiger partial charge in [0.1, 0.15) is 0 Å². The van der Waals surface area contributed by atoms with Crippen molar-refractivity contribution in [3.8, 4) is 24.2 Å². The van der Waals surface area contributed by atoms with Crippen LogP contribution in [0.15, 0.2) is 0 Å². The second-order valence-electron chi connectivity index (χ2n) is 1.13. The van der Waals surface area contributed by atoms with E-state index in [0.29, 0.717) is 20.2 Å². The summed E-state index contributed by atoms with van der Waals surface area (Å²) < 4.78 is 19.2. The van der Waals surface area contributed by atoms with E-state index in [2.05, 4.69) is 24.7 Å². The van der Waals surface area contributed by atoms with Crippen molar-refractivity contribution in [1.29, 1.82) is 0 Å². The zero-order chi connectivity index (χ0) is 11.7. The quantitative estimate of drug-likeness (QED) is 0.454. The molecule has 0 saturated heterocycles. The molecule has 0 aromatic carbocycles. The second-order valence-corrected chi connectivity index (χ2v) is 1.13. The summed E-state index contributed by atoms with van der Waals surface area (Å²) in [5.41, 5.74) is 0. The molecule has 0 bridgehead atoms. The Hall–Kier alpha value is 0.224. The first-order chi connectivity index (χ1) is 6.74. The van der Waals surface area contributed by atoms with Crippen molar-refractivity contribution in [2.75, 3.05) is 0 Å². The summed E-state index contributed by atoms with van der Waals surface area (Å²) in [5.74, 6) is 7.79. The SMILES string of the molecule is [3H]CCC#C.[3H]CCC#CC.[3H]C[CH2-].[Y]. The van der Waals surface area contributed by atoms with Crippen LogP contribution < -0.4 is 0 Å². The zero-order valence-corrected chi connectivity index (χ0v) is 10.7. The van der Waals surface area contributed by atoms with E-state index >= 15 is 0 Å². The Balaban J connectivity index is -0.0000000617. The molecule has 0 amide bonds. The van der Waals surface area contributed by atoms with Gasteiger partial charge in [-0.1, -0.05) is 13.8 Å². The van der Waals surface area contributed by atoms with Crippen LogP contribution in [-0.4, -0.2) is 0 Å². The van der Waals surface area contributed by atoms with E-state index in [1.165, 1.54) is 0 Å². The van der Waals surface area contributed by atoms with Gasteiger partial charge in [0.2, 0.25) is 0 Å². The van der Waals surface area contributed by atoms with E-state index in [0.717, 1.165) is 6.42 Å². The maximum Gasteiger partial charge on any atom is 0.0240 e. The molecule has 0 heterocycles. The molecule has 0 aliphatic rings. The predicted molar refractivity (Wildman–Crippen MR) is 53.9 cm³/mol. The van der Waals surface area contributed by atoms with Crippen LogP contribution in [0, 0.1) is 31.1 Å². The Morgan fingerprint density at radius 2 is 1.92 bits per heavy atom. The molecule has 0 nitrogen and oxygen atoms in total. The van der Waals surface area contributed by atoms with Gasteiger partial charge in [-0.15, -0.1) is 24.2 Å². The fraction of sp³-hybridized carbons (Fsp3) is 0.545. The largest absolute Gasteiger partial charge is 0.346 e. The van der Waals surface area contributed by atoms with Crippen molar-refractivity contribution in [3.05, 3.63) is 6.92 Å². The van der Waals surface area contributed by atoms with Crippen molar-refractivity contribution < 1.29 is 36.8 Å². The third-order valence-electron chi connectivity index (χ3n) is 0.446. The Kier molecular flexibility index (Phi) is 43.8. The first-order valence-corrected chi connectivity index (χ1v) is 3.25. The number of hydrogen-bond donors (Lipinski definition) is 0. The van der Waals surface area contributed by atoms with Crippen LogP contribution in [0.4, 0.5) is 0 Å². The Morgan fingerprint density at radius 3 is 2.00 bits per heavy atom. The Labute approximate surface area is 108 Å². The van der Waals surface area contributed by atoms with Crippen LogP contribution >= 0.6 is 0 Å². The van der Waals surface area contributed by atoms with E-state index in [9.17, 15) is 0 Å². The first kappa shape index (κ1) is 12.2. The normalized spacial score (nSPS) is 7.58. The number of rotatable bonds is 0. The third-order valence-corrected chi connectivity index (χ3v) is 0.446. The summed E-state index contributed by atoms with van der Waals surface area (Å²) in [4.78, 5) is 0. The minimum absolute atomic E-state index is 0. The van der Waals surface area contributed by atoms with Crippen molar-refractivity contribution in [2.45, 2.75) is 40.5 Å². The summed E-state index contributed by atoms with van der Waals surface area (Å²) in [6, 6.07) is 0. The molecule has 0 aliphatic heterocycles. The van der Waals surface area contributed by atoms with Crippen molar-refractivity contribution >= 4 is 0 Å². The predicted octanol–water partition coefficient (Wildman–Crippen LogP) is 3.29. The molecular formula is C11H19Y-. The maximum atomic E-state index is 6.60. The molecule has 0 saturated carbocycles. The van der Waals surface area contributed by atoms with Gasteiger partial charge >= 0.3 is 0 Å². The topological polar surface area (TPSA) is 0 Å². The van der Waals surface area contributed by atoms with Gasteiger partial charge in [-0.2, -0.15) is 6.90 Å². The van der Waals surface area contributed by atoms with Crippen molar-refractivity contribution in [2.24, 2.45) is 0 Å². The molecule has 0 atom stereocenters. The summed E-state index contributed by atoms with van der Waals surface area (Å²) in [6.45, 7) is 5.98. The molecule has 0 rings (SSSR count). The fourth-order valence-corrected chi connectivity index (χ4v) is 0.125. The first-order valence-electron chi connectivity index (χ1n) is 5.37. The molecule has 0 unspecified atom stereocenters. The molecule has 1 radical (unpaired) electrons. The van der Waals surface area contributed by atoms with E-state index in [1.807, 2.05) is 0 Å². The van der Waals surface area contributed by atoms with E-state index in [1.54, 1.807) is 6.92 Å². The molecular weight excluding hydrogens is 221 g/mol. The van der Waals surface area contributed by atoms with Crippen LogP contribution in [0.3, 0.4) is 0 Å². The Morgan fingerprint density at radius 1 is 1.42 bits per heavy atom. The molecule has 0 N–H and O–H groups in total. The van der Waals surface area contributed by atoms with Gasteiger partial charge in [-0.25, -0.2) is 0 Å². The van der Waals surface area contributed by atoms with Gasteiger partial charge in [-0.3, -0.25) is 0 Å². The molecule has 12 heavy (non-hydrogen) atoms. The minimum atomic E-state index is 0. The fourth-order valence-electron chi connectivity index (χ4n) is 0.125. The number of hydrogen-bond acceptors (Lipinski definition) is 0. The van der Waals surface area contributed by atoms with Gasteiger partial charge in [-0.05, 0) is 8.29 Å². The summed E-state index contributed by atoms with van der Waals surface area (Å²) in [5, 5.41) is 0. The standard InChI is InChI=1S/C5H8.C4H6.C2H5.Y/c1-3-5-4-2;1-3-4-2;1-2;/h3H2,1-2H3;1H,4H2,2H3;1H2,2H3;/q;;-1;/i1T;2*2T;. The van der Waals surface area contributed by atoms with Crippen LogP contribution in [0.1, 0.15) is 44.6 Å². The van der Waals surface area contributed by atoms with Gasteiger partial charge in [0, 0.05) is 48.3 Å². The summed E-state index contributed by atoms with van der Waals surface area (Å²) in [6.07, 6.45) is 6.07. The van der Waals surface area contributed by atoms with E-state index in [4.69, 9.17) is 10.5 Å². The summed E-state index contributed by atoms with van der Waals surface area (Å²) >= 11 is 0. The average Bonchev–Trinajstić information content (AvgIpc) is 2.18.